The van der Waals surface area contributed by atoms with Crippen molar-refractivity contribution in [2.45, 2.75) is 52.1 Å². The van der Waals surface area contributed by atoms with Gasteiger partial charge in [-0.05, 0) is 19.8 Å². The van der Waals surface area contributed by atoms with Crippen LogP contribution in [-0.4, -0.2) is 12.1 Å². The van der Waals surface area contributed by atoms with Crippen LogP contribution in [0.25, 0.3) is 4.85 Å². The quantitative estimate of drug-likeness (QED) is 0.402. The smallest absolute Gasteiger partial charge is 0.338 e. The molecule has 3 heteroatoms. The molecule has 1 rings (SSSR count). The maximum absolute atomic E-state index is 11.8. The minimum Gasteiger partial charge on any atom is -0.459 e. The normalized spacial score (nSPS) is 11.6. The fourth-order valence-corrected chi connectivity index (χ4v) is 1.84. The summed E-state index contributed by atoms with van der Waals surface area (Å²) in [5.41, 5.74) is 1.04. The van der Waals surface area contributed by atoms with Crippen LogP contribution in [0, 0.1) is 6.57 Å². The Balaban J connectivity index is 2.39. The van der Waals surface area contributed by atoms with Gasteiger partial charge in [0.1, 0.15) is 0 Å². The number of nitrogens with zero attached hydrogens (tertiary/aromatic N) is 1. The Morgan fingerprint density at radius 3 is 2.53 bits per heavy atom. The van der Waals surface area contributed by atoms with Gasteiger partial charge in [-0.15, -0.1) is 0 Å². The highest BCUT2D eigenvalue weighted by molar-refractivity contribution is 5.89. The summed E-state index contributed by atoms with van der Waals surface area (Å²) >= 11 is 0. The van der Waals surface area contributed by atoms with E-state index in [9.17, 15) is 4.79 Å². The molecule has 0 aliphatic rings. The predicted octanol–water partition coefficient (Wildman–Crippen LogP) is 4.75. The van der Waals surface area contributed by atoms with Gasteiger partial charge in [-0.2, -0.15) is 0 Å². The van der Waals surface area contributed by atoms with E-state index in [0.717, 1.165) is 12.8 Å². The van der Waals surface area contributed by atoms with Gasteiger partial charge in [0.2, 0.25) is 0 Å². The topological polar surface area (TPSA) is 30.7 Å². The molecule has 1 aromatic carbocycles. The van der Waals surface area contributed by atoms with Crippen LogP contribution in [0.3, 0.4) is 0 Å². The van der Waals surface area contributed by atoms with Crippen molar-refractivity contribution in [3.63, 3.8) is 0 Å². The first-order valence-corrected chi connectivity index (χ1v) is 6.86. The lowest BCUT2D eigenvalue weighted by atomic mass is 10.1. The molecule has 0 bridgehead atoms. The van der Waals surface area contributed by atoms with E-state index in [1.807, 2.05) is 6.92 Å². The number of ether oxygens (including phenoxy) is 1. The third-order valence-corrected chi connectivity index (χ3v) is 3.00. The lowest BCUT2D eigenvalue weighted by Gasteiger charge is -2.13. The monoisotopic (exact) mass is 259 g/mol. The second kappa shape index (κ2) is 8.31. The minimum absolute atomic E-state index is 0.0510. The van der Waals surface area contributed by atoms with Crippen LogP contribution in [0.2, 0.25) is 0 Å². The highest BCUT2D eigenvalue weighted by Gasteiger charge is 2.11. The Labute approximate surface area is 115 Å². The summed E-state index contributed by atoms with van der Waals surface area (Å²) in [6.07, 6.45) is 5.59. The maximum atomic E-state index is 11.8. The molecular weight excluding hydrogens is 238 g/mol. The first-order valence-electron chi connectivity index (χ1n) is 6.86. The van der Waals surface area contributed by atoms with Crippen molar-refractivity contribution in [1.29, 1.82) is 0 Å². The van der Waals surface area contributed by atoms with Crippen LogP contribution in [0.5, 0.6) is 0 Å². The summed E-state index contributed by atoms with van der Waals surface area (Å²) in [6.45, 7) is 11.0. The van der Waals surface area contributed by atoms with E-state index < -0.39 is 0 Å². The molecule has 0 radical (unpaired) electrons. The molecule has 0 amide bonds. The molecule has 19 heavy (non-hydrogen) atoms. The van der Waals surface area contributed by atoms with E-state index in [-0.39, 0.29) is 12.1 Å². The third kappa shape index (κ3) is 5.56. The molecule has 3 nitrogen and oxygen atoms in total. The molecule has 0 heterocycles. The number of carbonyl (C=O) groups is 1. The highest BCUT2D eigenvalue weighted by Crippen LogP contribution is 2.15. The van der Waals surface area contributed by atoms with Crippen LogP contribution in [0.4, 0.5) is 5.69 Å². The van der Waals surface area contributed by atoms with E-state index >= 15 is 0 Å². The zero-order valence-electron chi connectivity index (χ0n) is 11.7. The van der Waals surface area contributed by atoms with E-state index in [0.29, 0.717) is 11.3 Å². The molecule has 0 saturated carbocycles. The van der Waals surface area contributed by atoms with Crippen molar-refractivity contribution in [1.82, 2.24) is 0 Å². The second-order valence-electron chi connectivity index (χ2n) is 4.72. The molecule has 0 aliphatic carbocycles. The van der Waals surface area contributed by atoms with Crippen molar-refractivity contribution in [2.75, 3.05) is 0 Å². The number of carbonyl (C=O) groups excluding carboxylic acids is 1. The van der Waals surface area contributed by atoms with Gasteiger partial charge in [-0.25, -0.2) is 9.64 Å². The molecule has 0 fully saturated rings. The molecule has 0 aromatic heterocycles. The summed E-state index contributed by atoms with van der Waals surface area (Å²) in [4.78, 5) is 15.1. The molecule has 0 spiro atoms. The average Bonchev–Trinajstić information content (AvgIpc) is 2.43. The van der Waals surface area contributed by atoms with E-state index in [4.69, 9.17) is 11.3 Å². The summed E-state index contributed by atoms with van der Waals surface area (Å²) in [5, 5.41) is 0. The summed E-state index contributed by atoms with van der Waals surface area (Å²) in [5.74, 6) is -0.306. The fourth-order valence-electron chi connectivity index (χ4n) is 1.84. The number of rotatable bonds is 7. The number of esters is 1. The van der Waals surface area contributed by atoms with Crippen LogP contribution in [0.15, 0.2) is 24.3 Å². The van der Waals surface area contributed by atoms with Gasteiger partial charge in [0, 0.05) is 0 Å². The SMILES string of the molecule is [C-]#[N+]c1ccc(C(=O)OC(C)CCCCCC)cc1. The molecule has 0 saturated heterocycles. The Bertz CT molecular complexity index is 431. The van der Waals surface area contributed by atoms with Crippen molar-refractivity contribution < 1.29 is 9.53 Å². The lowest BCUT2D eigenvalue weighted by Crippen LogP contribution is -2.14. The minimum atomic E-state index is -0.306. The maximum Gasteiger partial charge on any atom is 0.338 e. The van der Waals surface area contributed by atoms with Crippen LogP contribution < -0.4 is 0 Å². The van der Waals surface area contributed by atoms with Crippen molar-refractivity contribution >= 4 is 11.7 Å². The van der Waals surface area contributed by atoms with Gasteiger partial charge < -0.3 is 4.74 Å². The second-order valence-corrected chi connectivity index (χ2v) is 4.72. The van der Waals surface area contributed by atoms with Crippen LogP contribution in [0.1, 0.15) is 56.3 Å². The van der Waals surface area contributed by atoms with Gasteiger partial charge in [0.15, 0.2) is 5.69 Å². The number of unbranched alkanes of at least 4 members (excludes halogenated alkanes) is 3. The van der Waals surface area contributed by atoms with Gasteiger partial charge in [0.05, 0.1) is 18.2 Å². The molecule has 0 aliphatic heterocycles. The van der Waals surface area contributed by atoms with Crippen LogP contribution >= 0.6 is 0 Å². The van der Waals surface area contributed by atoms with Gasteiger partial charge in [0.25, 0.3) is 0 Å². The Morgan fingerprint density at radius 2 is 1.95 bits per heavy atom. The number of hydrogen-bond acceptors (Lipinski definition) is 2. The summed E-state index contributed by atoms with van der Waals surface area (Å²) in [6, 6.07) is 6.55. The molecule has 1 aromatic rings. The lowest BCUT2D eigenvalue weighted by molar-refractivity contribution is 0.0319. The first-order chi connectivity index (χ1) is 9.17. The van der Waals surface area contributed by atoms with Crippen LogP contribution in [-0.2, 0) is 4.74 Å². The Kier molecular flexibility index (Phi) is 6.67. The van der Waals surface area contributed by atoms with E-state index in [1.54, 1.807) is 24.3 Å². The highest BCUT2D eigenvalue weighted by atomic mass is 16.5. The summed E-state index contributed by atoms with van der Waals surface area (Å²) in [7, 11) is 0. The first kappa shape index (κ1) is 15.2. The standard InChI is InChI=1S/C16H21NO2/c1-4-5-6-7-8-13(2)19-16(18)14-9-11-15(17-3)12-10-14/h9-13H,4-8H2,1-2H3. The largest absolute Gasteiger partial charge is 0.459 e. The molecular formula is C16H21NO2. The van der Waals surface area contributed by atoms with E-state index in [1.165, 1.54) is 19.3 Å². The predicted molar refractivity (Wildman–Crippen MR) is 76.3 cm³/mol. The molecule has 102 valence electrons. The average molecular weight is 259 g/mol. The zero-order chi connectivity index (χ0) is 14.1. The van der Waals surface area contributed by atoms with Crippen molar-refractivity contribution in [3.8, 4) is 0 Å². The Hall–Kier alpha value is -1.82. The number of hydrogen-bond donors (Lipinski definition) is 0. The molecule has 1 unspecified atom stereocenters. The van der Waals surface area contributed by atoms with Gasteiger partial charge in [-0.3, -0.25) is 0 Å². The fraction of sp³-hybridized carbons (Fsp3) is 0.500. The third-order valence-electron chi connectivity index (χ3n) is 3.00. The zero-order valence-corrected chi connectivity index (χ0v) is 11.7. The van der Waals surface area contributed by atoms with Crippen molar-refractivity contribution in [2.24, 2.45) is 0 Å². The van der Waals surface area contributed by atoms with Gasteiger partial charge in [-0.1, -0.05) is 50.5 Å². The number of benzene rings is 1. The van der Waals surface area contributed by atoms with Crippen molar-refractivity contribution in [3.05, 3.63) is 41.2 Å². The van der Waals surface area contributed by atoms with Gasteiger partial charge >= 0.3 is 5.97 Å². The molecule has 1 atom stereocenters. The Morgan fingerprint density at radius 1 is 1.26 bits per heavy atom. The van der Waals surface area contributed by atoms with E-state index in [2.05, 4.69) is 11.8 Å². The summed E-state index contributed by atoms with van der Waals surface area (Å²) < 4.78 is 5.37. The molecule has 0 N–H and O–H groups in total.